The highest BCUT2D eigenvalue weighted by molar-refractivity contribution is 5.58. The van der Waals surface area contributed by atoms with Gasteiger partial charge in [0.15, 0.2) is 0 Å². The Balaban J connectivity index is 2.56. The lowest BCUT2D eigenvalue weighted by atomic mass is 10.3. The van der Waals surface area contributed by atoms with Gasteiger partial charge in [-0.15, -0.1) is 6.58 Å². The second-order valence-electron chi connectivity index (χ2n) is 3.58. The summed E-state index contributed by atoms with van der Waals surface area (Å²) < 4.78 is 5.26. The van der Waals surface area contributed by atoms with Gasteiger partial charge in [-0.05, 0) is 6.42 Å². The molecule has 7 nitrogen and oxygen atoms in total. The number of hydrogen-bond acceptors (Lipinski definition) is 6. The lowest BCUT2D eigenvalue weighted by Crippen LogP contribution is -2.12. The lowest BCUT2D eigenvalue weighted by Gasteiger charge is -2.06. The van der Waals surface area contributed by atoms with Gasteiger partial charge in [0.05, 0.1) is 23.7 Å². The van der Waals surface area contributed by atoms with Gasteiger partial charge in [-0.3, -0.25) is 10.1 Å². The van der Waals surface area contributed by atoms with Gasteiger partial charge in [0, 0.05) is 18.8 Å². The van der Waals surface area contributed by atoms with Crippen molar-refractivity contribution in [3.05, 3.63) is 40.6 Å². The summed E-state index contributed by atoms with van der Waals surface area (Å²) in [4.78, 5) is 14.1. The first-order valence-corrected chi connectivity index (χ1v) is 5.66. The fourth-order valence-electron chi connectivity index (χ4n) is 1.30. The Morgan fingerprint density at radius 3 is 3.05 bits per heavy atom. The Labute approximate surface area is 110 Å². The van der Waals surface area contributed by atoms with Gasteiger partial charge in [0.25, 0.3) is 0 Å². The molecule has 0 atom stereocenters. The number of aromatic nitrogens is 1. The van der Waals surface area contributed by atoms with Crippen LogP contribution >= 0.6 is 0 Å². The Morgan fingerprint density at radius 1 is 1.63 bits per heavy atom. The molecule has 0 saturated heterocycles. The maximum absolute atomic E-state index is 10.8. The Bertz CT molecular complexity index is 496. The zero-order valence-electron chi connectivity index (χ0n) is 10.3. The summed E-state index contributed by atoms with van der Waals surface area (Å²) in [5.41, 5.74) is -0.0652. The fraction of sp³-hybridized carbons (Fsp3) is 0.333. The maximum atomic E-state index is 10.8. The van der Waals surface area contributed by atoms with Crippen LogP contribution in [0.3, 0.4) is 0 Å². The van der Waals surface area contributed by atoms with Crippen molar-refractivity contribution in [2.24, 2.45) is 0 Å². The van der Waals surface area contributed by atoms with E-state index in [9.17, 15) is 10.1 Å². The van der Waals surface area contributed by atoms with Crippen LogP contribution in [0.15, 0.2) is 24.9 Å². The highest BCUT2D eigenvalue weighted by atomic mass is 16.6. The van der Waals surface area contributed by atoms with Crippen LogP contribution in [0.5, 0.6) is 0 Å². The van der Waals surface area contributed by atoms with Crippen LogP contribution < -0.4 is 5.32 Å². The lowest BCUT2D eigenvalue weighted by molar-refractivity contribution is -0.384. The van der Waals surface area contributed by atoms with Crippen LogP contribution in [-0.4, -0.2) is 29.7 Å². The first-order valence-electron chi connectivity index (χ1n) is 5.66. The summed E-state index contributed by atoms with van der Waals surface area (Å²) in [5.74, 6) is 0.135. The van der Waals surface area contributed by atoms with Gasteiger partial charge >= 0.3 is 5.69 Å². The van der Waals surface area contributed by atoms with Gasteiger partial charge < -0.3 is 10.1 Å². The molecule has 0 bridgehead atoms. The number of hydrogen-bond donors (Lipinski definition) is 1. The van der Waals surface area contributed by atoms with Crippen molar-refractivity contribution in [2.45, 2.75) is 6.42 Å². The minimum atomic E-state index is -0.575. The van der Waals surface area contributed by atoms with E-state index in [2.05, 4.69) is 16.9 Å². The Hall–Kier alpha value is -2.46. The van der Waals surface area contributed by atoms with Gasteiger partial charge in [-0.1, -0.05) is 6.08 Å². The number of nitriles is 1. The number of ether oxygens (including phenoxy) is 1. The van der Waals surface area contributed by atoms with E-state index in [1.807, 2.05) is 6.07 Å². The SMILES string of the molecule is C=CCCOCCNc1ncc(C#N)cc1[N+](=O)[O-]. The Kier molecular flexibility index (Phi) is 5.98. The quantitative estimate of drug-likeness (QED) is 0.332. The fourth-order valence-corrected chi connectivity index (χ4v) is 1.30. The summed E-state index contributed by atoms with van der Waals surface area (Å²) in [6, 6.07) is 3.00. The third-order valence-electron chi connectivity index (χ3n) is 2.20. The van der Waals surface area contributed by atoms with Crippen LogP contribution in [0, 0.1) is 21.4 Å². The van der Waals surface area contributed by atoms with Crippen LogP contribution in [0.25, 0.3) is 0 Å². The molecule has 1 N–H and O–H groups in total. The third kappa shape index (κ3) is 4.73. The monoisotopic (exact) mass is 262 g/mol. The molecule has 1 aromatic heterocycles. The summed E-state index contributed by atoms with van der Waals surface area (Å²) in [7, 11) is 0. The van der Waals surface area contributed by atoms with E-state index in [-0.39, 0.29) is 17.1 Å². The molecule has 0 aliphatic rings. The number of nitrogens with zero attached hydrogens (tertiary/aromatic N) is 3. The van der Waals surface area contributed by atoms with Crippen LogP contribution in [0.2, 0.25) is 0 Å². The van der Waals surface area contributed by atoms with Gasteiger partial charge in [0.1, 0.15) is 6.07 Å². The molecule has 0 aromatic carbocycles. The van der Waals surface area contributed by atoms with Crippen molar-refractivity contribution in [3.63, 3.8) is 0 Å². The van der Waals surface area contributed by atoms with Gasteiger partial charge in [-0.25, -0.2) is 4.98 Å². The van der Waals surface area contributed by atoms with Crippen molar-refractivity contribution in [3.8, 4) is 6.07 Å². The standard InChI is InChI=1S/C12H14N4O3/c1-2-3-5-19-6-4-14-12-11(16(17)18)7-10(8-13)9-15-12/h2,7,9H,1,3-6H2,(H,14,15). The summed E-state index contributed by atoms with van der Waals surface area (Å²) in [6.07, 6.45) is 3.80. The molecule has 0 aliphatic carbocycles. The largest absolute Gasteiger partial charge is 0.379 e. The molecule has 0 spiro atoms. The molecule has 1 heterocycles. The normalized spacial score (nSPS) is 9.63. The average molecular weight is 262 g/mol. The predicted molar refractivity (Wildman–Crippen MR) is 69.7 cm³/mol. The number of pyridine rings is 1. The number of nitrogens with one attached hydrogen (secondary N) is 1. The minimum absolute atomic E-state index is 0.135. The first kappa shape index (κ1) is 14.6. The van der Waals surface area contributed by atoms with E-state index in [0.717, 1.165) is 6.42 Å². The third-order valence-corrected chi connectivity index (χ3v) is 2.20. The molecule has 0 fully saturated rings. The second-order valence-corrected chi connectivity index (χ2v) is 3.58. The molecule has 0 unspecified atom stereocenters. The van der Waals surface area contributed by atoms with E-state index in [1.165, 1.54) is 12.3 Å². The molecule has 0 radical (unpaired) electrons. The van der Waals surface area contributed by atoms with E-state index in [1.54, 1.807) is 6.08 Å². The van der Waals surface area contributed by atoms with Gasteiger partial charge in [-0.2, -0.15) is 5.26 Å². The summed E-state index contributed by atoms with van der Waals surface area (Å²) in [5, 5.41) is 22.3. The van der Waals surface area contributed by atoms with Crippen molar-refractivity contribution in [1.82, 2.24) is 4.98 Å². The minimum Gasteiger partial charge on any atom is -0.379 e. The molecule has 7 heteroatoms. The molecular weight excluding hydrogens is 248 g/mol. The molecule has 100 valence electrons. The van der Waals surface area contributed by atoms with Crippen molar-refractivity contribution >= 4 is 11.5 Å². The van der Waals surface area contributed by atoms with Crippen molar-refractivity contribution in [2.75, 3.05) is 25.1 Å². The topological polar surface area (TPSA) is 101 Å². The smallest absolute Gasteiger partial charge is 0.312 e. The van der Waals surface area contributed by atoms with Crippen LogP contribution in [0.4, 0.5) is 11.5 Å². The number of nitro groups is 1. The predicted octanol–water partition coefficient (Wildman–Crippen LogP) is 1.87. The molecule has 19 heavy (non-hydrogen) atoms. The van der Waals surface area contributed by atoms with E-state index < -0.39 is 4.92 Å². The molecule has 0 saturated carbocycles. The number of rotatable bonds is 8. The molecular formula is C12H14N4O3. The molecule has 0 amide bonds. The van der Waals surface area contributed by atoms with Gasteiger partial charge in [0.2, 0.25) is 5.82 Å². The molecule has 1 rings (SSSR count). The zero-order chi connectivity index (χ0) is 14.1. The average Bonchev–Trinajstić information content (AvgIpc) is 2.42. The molecule has 0 aliphatic heterocycles. The Morgan fingerprint density at radius 2 is 2.42 bits per heavy atom. The van der Waals surface area contributed by atoms with E-state index in [0.29, 0.717) is 19.8 Å². The maximum Gasteiger partial charge on any atom is 0.312 e. The molecule has 1 aromatic rings. The summed E-state index contributed by atoms with van der Waals surface area (Å²) in [6.45, 7) is 4.94. The van der Waals surface area contributed by atoms with E-state index in [4.69, 9.17) is 10.00 Å². The van der Waals surface area contributed by atoms with Crippen LogP contribution in [0.1, 0.15) is 12.0 Å². The van der Waals surface area contributed by atoms with E-state index >= 15 is 0 Å². The highest BCUT2D eigenvalue weighted by Gasteiger charge is 2.15. The van der Waals surface area contributed by atoms with Crippen molar-refractivity contribution < 1.29 is 9.66 Å². The second kappa shape index (κ2) is 7.79. The van der Waals surface area contributed by atoms with Crippen LogP contribution in [-0.2, 0) is 4.74 Å². The first-order chi connectivity index (χ1) is 9.19. The highest BCUT2D eigenvalue weighted by Crippen LogP contribution is 2.22. The summed E-state index contributed by atoms with van der Waals surface area (Å²) >= 11 is 0. The van der Waals surface area contributed by atoms with Crippen molar-refractivity contribution in [1.29, 1.82) is 5.26 Å². The number of anilines is 1. The zero-order valence-corrected chi connectivity index (χ0v) is 10.3.